The first kappa shape index (κ1) is 18.5. The van der Waals surface area contributed by atoms with Gasteiger partial charge in [-0.1, -0.05) is 30.3 Å². The highest BCUT2D eigenvalue weighted by atomic mass is 32.2. The molecule has 0 saturated heterocycles. The van der Waals surface area contributed by atoms with E-state index >= 15 is 0 Å². The summed E-state index contributed by atoms with van der Waals surface area (Å²) >= 11 is -1.14. The number of carbonyl (C=O) groups is 1. The van der Waals surface area contributed by atoms with Crippen LogP contribution in [0.3, 0.4) is 0 Å². The molecule has 0 spiro atoms. The van der Waals surface area contributed by atoms with E-state index in [1.807, 2.05) is 70.2 Å². The third kappa shape index (κ3) is 5.09. The maximum Gasteiger partial charge on any atom is 0.255 e. The molecule has 0 radical (unpaired) electrons. The first-order chi connectivity index (χ1) is 11.3. The molecule has 2 aromatic carbocycles. The van der Waals surface area contributed by atoms with Crippen LogP contribution in [0.15, 0.2) is 54.6 Å². The minimum Gasteiger partial charge on any atom is -0.598 e. The molecule has 1 amide bonds. The quantitative estimate of drug-likeness (QED) is 0.804. The molecule has 0 bridgehead atoms. The molecule has 2 atom stereocenters. The van der Waals surface area contributed by atoms with E-state index in [4.69, 9.17) is 0 Å². The zero-order valence-corrected chi connectivity index (χ0v) is 15.3. The van der Waals surface area contributed by atoms with Crippen LogP contribution in [-0.4, -0.2) is 15.2 Å². The summed E-state index contributed by atoms with van der Waals surface area (Å²) in [6, 6.07) is 16.6. The Bertz CT molecular complexity index is 666. The minimum atomic E-state index is -1.14. The highest BCUT2D eigenvalue weighted by molar-refractivity contribution is 7.90. The van der Waals surface area contributed by atoms with Gasteiger partial charge in [0.2, 0.25) is 0 Å². The smallest absolute Gasteiger partial charge is 0.255 e. The molecular weight excluding hydrogens is 320 g/mol. The van der Waals surface area contributed by atoms with E-state index in [0.29, 0.717) is 5.56 Å². The molecule has 0 fully saturated rings. The second-order valence-electron chi connectivity index (χ2n) is 6.66. The molecule has 2 N–H and O–H groups in total. The summed E-state index contributed by atoms with van der Waals surface area (Å²) < 4.78 is 14.9. The Hall–Kier alpha value is -1.82. The molecule has 2 aromatic rings. The third-order valence-corrected chi connectivity index (χ3v) is 5.22. The summed E-state index contributed by atoms with van der Waals surface area (Å²) in [5, 5.41) is 2.86. The number of benzene rings is 2. The average molecular weight is 344 g/mol. The van der Waals surface area contributed by atoms with E-state index in [1.54, 1.807) is 12.1 Å². The van der Waals surface area contributed by atoms with Gasteiger partial charge in [0, 0.05) is 22.6 Å². The van der Waals surface area contributed by atoms with Gasteiger partial charge in [-0.05, 0) is 57.5 Å². The summed E-state index contributed by atoms with van der Waals surface area (Å²) in [5.74, 6) is -0.147. The second kappa shape index (κ2) is 7.83. The molecule has 2 rings (SSSR count). The number of anilines is 1. The van der Waals surface area contributed by atoms with Crippen molar-refractivity contribution in [2.45, 2.75) is 38.5 Å². The number of para-hydroxylation sites is 1. The first-order valence-electron chi connectivity index (χ1n) is 7.92. The van der Waals surface area contributed by atoms with Crippen molar-refractivity contribution in [1.82, 2.24) is 4.72 Å². The summed E-state index contributed by atoms with van der Waals surface area (Å²) in [4.78, 5) is 12.2. The maximum absolute atomic E-state index is 12.2. The van der Waals surface area contributed by atoms with Crippen molar-refractivity contribution in [2.75, 3.05) is 5.32 Å². The van der Waals surface area contributed by atoms with Crippen molar-refractivity contribution in [1.29, 1.82) is 0 Å². The summed E-state index contributed by atoms with van der Waals surface area (Å²) in [6.45, 7) is 7.75. The molecule has 0 aliphatic rings. The van der Waals surface area contributed by atoms with Gasteiger partial charge in [-0.3, -0.25) is 4.79 Å². The van der Waals surface area contributed by atoms with Gasteiger partial charge in [0.1, 0.15) is 4.75 Å². The predicted molar refractivity (Wildman–Crippen MR) is 100 cm³/mol. The van der Waals surface area contributed by atoms with Gasteiger partial charge in [-0.15, -0.1) is 4.72 Å². The molecule has 0 saturated carbocycles. The number of hydrogen-bond donors (Lipinski definition) is 2. The average Bonchev–Trinajstić information content (AvgIpc) is 2.55. The lowest BCUT2D eigenvalue weighted by Gasteiger charge is -2.26. The van der Waals surface area contributed by atoms with Crippen molar-refractivity contribution in [3.63, 3.8) is 0 Å². The molecule has 0 heterocycles. The molecule has 0 aliphatic heterocycles. The molecule has 24 heavy (non-hydrogen) atoms. The Kier molecular flexibility index (Phi) is 6.04. The normalized spacial score (nSPS) is 14.0. The Morgan fingerprint density at radius 3 is 2.17 bits per heavy atom. The van der Waals surface area contributed by atoms with E-state index in [-0.39, 0.29) is 16.7 Å². The van der Waals surface area contributed by atoms with Gasteiger partial charge in [0.05, 0.1) is 6.04 Å². The Labute approximate surface area is 147 Å². The van der Waals surface area contributed by atoms with Gasteiger partial charge >= 0.3 is 0 Å². The van der Waals surface area contributed by atoms with Crippen LogP contribution in [0, 0.1) is 0 Å². The molecule has 4 nitrogen and oxygen atoms in total. The third-order valence-electron chi connectivity index (χ3n) is 3.54. The fourth-order valence-corrected chi connectivity index (χ4v) is 2.86. The van der Waals surface area contributed by atoms with E-state index in [9.17, 15) is 9.35 Å². The van der Waals surface area contributed by atoms with Gasteiger partial charge in [-0.2, -0.15) is 0 Å². The van der Waals surface area contributed by atoms with Crippen LogP contribution in [0.25, 0.3) is 0 Å². The van der Waals surface area contributed by atoms with Crippen molar-refractivity contribution in [2.24, 2.45) is 0 Å². The topological polar surface area (TPSA) is 64.2 Å². The number of rotatable bonds is 5. The minimum absolute atomic E-state index is 0.0590. The van der Waals surface area contributed by atoms with Crippen molar-refractivity contribution in [3.8, 4) is 0 Å². The van der Waals surface area contributed by atoms with Gasteiger partial charge in [-0.25, -0.2) is 0 Å². The summed E-state index contributed by atoms with van der Waals surface area (Å²) in [6.07, 6.45) is 0. The van der Waals surface area contributed by atoms with E-state index in [2.05, 4.69) is 10.0 Å². The molecule has 5 heteroatoms. The molecule has 0 aromatic heterocycles. The number of nitrogens with one attached hydrogen (secondary N) is 2. The monoisotopic (exact) mass is 344 g/mol. The van der Waals surface area contributed by atoms with Crippen LogP contribution in [0.4, 0.5) is 5.69 Å². The summed E-state index contributed by atoms with van der Waals surface area (Å²) in [7, 11) is 0. The van der Waals surface area contributed by atoms with E-state index in [1.165, 1.54) is 0 Å². The van der Waals surface area contributed by atoms with Crippen LogP contribution in [-0.2, 0) is 11.4 Å². The zero-order valence-electron chi connectivity index (χ0n) is 14.5. The number of hydrogen-bond acceptors (Lipinski definition) is 3. The van der Waals surface area contributed by atoms with Crippen molar-refractivity contribution >= 4 is 23.0 Å². The maximum atomic E-state index is 12.2. The lowest BCUT2D eigenvalue weighted by molar-refractivity contribution is 0.102. The molecule has 0 aliphatic carbocycles. The number of amides is 1. The van der Waals surface area contributed by atoms with Gasteiger partial charge < -0.3 is 9.87 Å². The zero-order chi connectivity index (χ0) is 17.7. The van der Waals surface area contributed by atoms with Crippen molar-refractivity contribution in [3.05, 3.63) is 65.7 Å². The highest BCUT2D eigenvalue weighted by Crippen LogP contribution is 2.20. The van der Waals surface area contributed by atoms with Crippen LogP contribution in [0.1, 0.15) is 49.7 Å². The van der Waals surface area contributed by atoms with Crippen molar-refractivity contribution < 1.29 is 9.35 Å². The molecule has 1 unspecified atom stereocenters. The fraction of sp³-hybridized carbons (Fsp3) is 0.316. The van der Waals surface area contributed by atoms with E-state index < -0.39 is 11.4 Å². The number of carbonyl (C=O) groups excluding carboxylic acids is 1. The van der Waals surface area contributed by atoms with Crippen LogP contribution < -0.4 is 10.0 Å². The highest BCUT2D eigenvalue weighted by Gasteiger charge is 2.28. The Morgan fingerprint density at radius 1 is 1.04 bits per heavy atom. The lowest BCUT2D eigenvalue weighted by atomic mass is 10.1. The van der Waals surface area contributed by atoms with Gasteiger partial charge in [0.15, 0.2) is 0 Å². The second-order valence-corrected chi connectivity index (χ2v) is 8.66. The molecule has 128 valence electrons. The van der Waals surface area contributed by atoms with Gasteiger partial charge in [0.25, 0.3) is 5.91 Å². The van der Waals surface area contributed by atoms with E-state index in [0.717, 1.165) is 11.3 Å². The first-order valence-corrected chi connectivity index (χ1v) is 9.07. The van der Waals surface area contributed by atoms with Crippen LogP contribution in [0.2, 0.25) is 0 Å². The Morgan fingerprint density at radius 2 is 1.62 bits per heavy atom. The Balaban J connectivity index is 2.01. The predicted octanol–water partition coefficient (Wildman–Crippen LogP) is 4.05. The van der Waals surface area contributed by atoms with Crippen LogP contribution in [0.5, 0.6) is 0 Å². The fourth-order valence-electron chi connectivity index (χ4n) is 2.05. The SMILES string of the molecule is CC(N[S@+]([O-])C(C)(C)C)c1ccc(C(=O)Nc2ccccc2)cc1. The van der Waals surface area contributed by atoms with Crippen LogP contribution >= 0.6 is 0 Å². The summed E-state index contributed by atoms with van der Waals surface area (Å²) in [5.41, 5.74) is 2.35. The standard InChI is InChI=1S/C19H24N2O2S/c1-14(21-24(23)19(2,3)4)15-10-12-16(13-11-15)18(22)20-17-8-6-5-7-9-17/h5-14,21H,1-4H3,(H,20,22)/t14?,24-/m1/s1. The largest absolute Gasteiger partial charge is 0.598 e. The molecular formula is C19H24N2O2S. The lowest BCUT2D eigenvalue weighted by Crippen LogP contribution is -2.40.